The molecular formula is C15H18N6O. The predicted octanol–water partition coefficient (Wildman–Crippen LogP) is 1.35. The smallest absolute Gasteiger partial charge is 0.259 e. The maximum absolute atomic E-state index is 12.7. The number of hydrogen-bond acceptors (Lipinski definition) is 4. The summed E-state index contributed by atoms with van der Waals surface area (Å²) in [6.45, 7) is 4.47. The van der Waals surface area contributed by atoms with E-state index in [1.807, 2.05) is 25.6 Å². The fourth-order valence-corrected chi connectivity index (χ4v) is 2.54. The number of rotatable bonds is 3. The lowest BCUT2D eigenvalue weighted by Crippen LogP contribution is -2.26. The fourth-order valence-electron chi connectivity index (χ4n) is 2.54. The lowest BCUT2D eigenvalue weighted by Gasteiger charge is -2.16. The highest BCUT2D eigenvalue weighted by Gasteiger charge is 2.20. The minimum absolute atomic E-state index is 0.101. The fraction of sp³-hybridized carbons (Fsp3) is 0.333. The van der Waals surface area contributed by atoms with E-state index in [9.17, 15) is 4.79 Å². The predicted molar refractivity (Wildman–Crippen MR) is 81.5 cm³/mol. The van der Waals surface area contributed by atoms with Gasteiger partial charge < -0.3 is 4.90 Å². The summed E-state index contributed by atoms with van der Waals surface area (Å²) in [5.74, 6) is -0.101. The Kier molecular flexibility index (Phi) is 3.40. The van der Waals surface area contributed by atoms with Crippen LogP contribution < -0.4 is 0 Å². The van der Waals surface area contributed by atoms with Crippen LogP contribution in [0.4, 0.5) is 0 Å². The Bertz CT molecular complexity index is 847. The van der Waals surface area contributed by atoms with Gasteiger partial charge in [0.05, 0.1) is 11.9 Å². The Balaban J connectivity index is 1.89. The quantitative estimate of drug-likeness (QED) is 0.732. The highest BCUT2D eigenvalue weighted by molar-refractivity contribution is 5.99. The molecule has 1 amide bonds. The molecule has 0 radical (unpaired) electrons. The van der Waals surface area contributed by atoms with Gasteiger partial charge in [0.1, 0.15) is 5.56 Å². The van der Waals surface area contributed by atoms with Crippen molar-refractivity contribution in [2.24, 2.45) is 7.05 Å². The van der Waals surface area contributed by atoms with Crippen molar-refractivity contribution in [3.05, 3.63) is 47.2 Å². The third-order valence-electron chi connectivity index (χ3n) is 3.91. The van der Waals surface area contributed by atoms with Crippen molar-refractivity contribution in [3.8, 4) is 0 Å². The molecule has 3 heterocycles. The molecule has 0 aliphatic carbocycles. The van der Waals surface area contributed by atoms with Crippen molar-refractivity contribution in [1.82, 2.24) is 29.3 Å². The van der Waals surface area contributed by atoms with Crippen LogP contribution in [0.15, 0.2) is 24.7 Å². The first-order valence-electron chi connectivity index (χ1n) is 7.02. The molecule has 0 aromatic carbocycles. The number of carbonyl (C=O) groups excluding carboxylic acids is 1. The molecule has 0 atom stereocenters. The van der Waals surface area contributed by atoms with Gasteiger partial charge in [0.25, 0.3) is 5.91 Å². The van der Waals surface area contributed by atoms with Crippen molar-refractivity contribution < 1.29 is 4.79 Å². The first-order valence-corrected chi connectivity index (χ1v) is 7.02. The van der Waals surface area contributed by atoms with Gasteiger partial charge in [-0.05, 0) is 19.9 Å². The van der Waals surface area contributed by atoms with E-state index >= 15 is 0 Å². The Hall–Kier alpha value is -2.70. The first kappa shape index (κ1) is 14.2. The van der Waals surface area contributed by atoms with E-state index in [0.717, 1.165) is 17.0 Å². The van der Waals surface area contributed by atoms with E-state index in [2.05, 4.69) is 15.2 Å². The van der Waals surface area contributed by atoms with E-state index in [1.54, 1.807) is 41.1 Å². The largest absolute Gasteiger partial charge is 0.337 e. The molecule has 0 saturated carbocycles. The Morgan fingerprint density at radius 3 is 2.82 bits per heavy atom. The number of carbonyl (C=O) groups is 1. The summed E-state index contributed by atoms with van der Waals surface area (Å²) in [6.07, 6.45) is 4.99. The van der Waals surface area contributed by atoms with Crippen molar-refractivity contribution in [1.29, 1.82) is 0 Å². The molecule has 0 N–H and O–H groups in total. The van der Waals surface area contributed by atoms with Gasteiger partial charge in [0.2, 0.25) is 0 Å². The zero-order chi connectivity index (χ0) is 15.9. The molecule has 0 bridgehead atoms. The van der Waals surface area contributed by atoms with Gasteiger partial charge in [-0.1, -0.05) is 0 Å². The van der Waals surface area contributed by atoms with Gasteiger partial charge in [-0.25, -0.2) is 9.50 Å². The molecule has 3 rings (SSSR count). The molecule has 22 heavy (non-hydrogen) atoms. The molecule has 3 aromatic heterocycles. The summed E-state index contributed by atoms with van der Waals surface area (Å²) in [4.78, 5) is 18.6. The van der Waals surface area contributed by atoms with Gasteiger partial charge >= 0.3 is 0 Å². The summed E-state index contributed by atoms with van der Waals surface area (Å²) in [6, 6.07) is 1.78. The molecule has 114 valence electrons. The molecule has 7 heteroatoms. The monoisotopic (exact) mass is 298 g/mol. The second-order valence-corrected chi connectivity index (χ2v) is 5.38. The average Bonchev–Trinajstić information content (AvgIpc) is 3.03. The van der Waals surface area contributed by atoms with E-state index in [1.165, 1.54) is 0 Å². The van der Waals surface area contributed by atoms with Crippen LogP contribution >= 0.6 is 0 Å². The molecule has 0 saturated heterocycles. The molecule has 0 spiro atoms. The normalized spacial score (nSPS) is 11.1. The first-order chi connectivity index (χ1) is 10.5. The van der Waals surface area contributed by atoms with Crippen molar-refractivity contribution in [2.45, 2.75) is 20.4 Å². The standard InChI is InChI=1S/C15H18N6O/c1-10-13(11(2)20(4)18-10)9-19(3)15(22)12-8-17-21-7-5-6-16-14(12)21/h5-8H,9H2,1-4H3. The highest BCUT2D eigenvalue weighted by atomic mass is 16.2. The SMILES string of the molecule is Cc1nn(C)c(C)c1CN(C)C(=O)c1cnn2cccnc12. The van der Waals surface area contributed by atoms with Gasteiger partial charge in [0.15, 0.2) is 5.65 Å². The van der Waals surface area contributed by atoms with Crippen LogP contribution in [0.3, 0.4) is 0 Å². The van der Waals surface area contributed by atoms with Crippen LogP contribution in [-0.2, 0) is 13.6 Å². The average molecular weight is 298 g/mol. The number of aryl methyl sites for hydroxylation is 2. The zero-order valence-corrected chi connectivity index (χ0v) is 13.1. The van der Waals surface area contributed by atoms with E-state index in [-0.39, 0.29) is 5.91 Å². The summed E-state index contributed by atoms with van der Waals surface area (Å²) >= 11 is 0. The summed E-state index contributed by atoms with van der Waals surface area (Å²) in [5.41, 5.74) is 4.15. The summed E-state index contributed by atoms with van der Waals surface area (Å²) < 4.78 is 3.43. The third-order valence-corrected chi connectivity index (χ3v) is 3.91. The Morgan fingerprint density at radius 1 is 1.36 bits per heavy atom. The van der Waals surface area contributed by atoms with Crippen molar-refractivity contribution in [3.63, 3.8) is 0 Å². The van der Waals surface area contributed by atoms with Crippen LogP contribution in [0.2, 0.25) is 0 Å². The lowest BCUT2D eigenvalue weighted by atomic mass is 10.2. The maximum atomic E-state index is 12.7. The van der Waals surface area contributed by atoms with Gasteiger partial charge in [-0.15, -0.1) is 0 Å². The number of hydrogen-bond donors (Lipinski definition) is 0. The van der Waals surface area contributed by atoms with Crippen LogP contribution in [0.25, 0.3) is 5.65 Å². The Labute approximate surface area is 128 Å². The maximum Gasteiger partial charge on any atom is 0.259 e. The number of fused-ring (bicyclic) bond motifs is 1. The molecule has 0 unspecified atom stereocenters. The lowest BCUT2D eigenvalue weighted by molar-refractivity contribution is 0.0786. The van der Waals surface area contributed by atoms with Crippen LogP contribution in [0.5, 0.6) is 0 Å². The summed E-state index contributed by atoms with van der Waals surface area (Å²) in [7, 11) is 3.68. The minimum atomic E-state index is -0.101. The topological polar surface area (TPSA) is 68.3 Å². The molecule has 0 fully saturated rings. The van der Waals surface area contributed by atoms with E-state index < -0.39 is 0 Å². The second-order valence-electron chi connectivity index (χ2n) is 5.38. The highest BCUT2D eigenvalue weighted by Crippen LogP contribution is 2.16. The van der Waals surface area contributed by atoms with Crippen molar-refractivity contribution >= 4 is 11.6 Å². The van der Waals surface area contributed by atoms with E-state index in [4.69, 9.17) is 0 Å². The van der Waals surface area contributed by atoms with Gasteiger partial charge in [-0.2, -0.15) is 10.2 Å². The zero-order valence-electron chi connectivity index (χ0n) is 13.1. The molecular weight excluding hydrogens is 280 g/mol. The van der Waals surface area contributed by atoms with Crippen LogP contribution in [0.1, 0.15) is 27.3 Å². The van der Waals surface area contributed by atoms with Gasteiger partial charge in [0, 0.05) is 44.3 Å². The number of amides is 1. The van der Waals surface area contributed by atoms with Crippen LogP contribution in [-0.4, -0.2) is 42.2 Å². The third kappa shape index (κ3) is 2.24. The molecule has 0 aliphatic heterocycles. The Morgan fingerprint density at radius 2 is 2.14 bits per heavy atom. The molecule has 3 aromatic rings. The van der Waals surface area contributed by atoms with E-state index in [0.29, 0.717) is 17.8 Å². The minimum Gasteiger partial charge on any atom is -0.337 e. The van der Waals surface area contributed by atoms with Crippen LogP contribution in [0, 0.1) is 13.8 Å². The van der Waals surface area contributed by atoms with Crippen molar-refractivity contribution in [2.75, 3.05) is 7.05 Å². The number of nitrogens with zero attached hydrogens (tertiary/aromatic N) is 6. The summed E-state index contributed by atoms with van der Waals surface area (Å²) in [5, 5.41) is 8.54. The molecule has 7 nitrogen and oxygen atoms in total. The van der Waals surface area contributed by atoms with Gasteiger partial charge in [-0.3, -0.25) is 9.48 Å². The molecule has 0 aliphatic rings. The second kappa shape index (κ2) is 5.25. The number of aromatic nitrogens is 5.